The maximum atomic E-state index is 11.3. The Morgan fingerprint density at radius 2 is 2.36 bits per heavy atom. The highest BCUT2D eigenvalue weighted by molar-refractivity contribution is 5.83. The molecule has 0 aliphatic carbocycles. The number of ketones is 1. The molecule has 78 valence electrons. The number of Topliss-reactive ketones (excluding diaryl/α,β-unsaturated/α-hetero) is 1. The fourth-order valence-electron chi connectivity index (χ4n) is 1.07. The topological polar surface area (TPSA) is 65.2 Å². The summed E-state index contributed by atoms with van der Waals surface area (Å²) in [4.78, 5) is 15.4. The molecule has 0 aromatic carbocycles. The molecule has 1 unspecified atom stereocenters. The molecule has 5 nitrogen and oxygen atoms in total. The van der Waals surface area contributed by atoms with Crippen LogP contribution in [-0.2, 0) is 16.1 Å². The Morgan fingerprint density at radius 3 is 2.93 bits per heavy atom. The third kappa shape index (κ3) is 2.38. The smallest absolute Gasteiger partial charge is 0.237 e. The number of aromatic nitrogens is 2. The predicted octanol–water partition coefficient (Wildman–Crippen LogP) is 1.30. The van der Waals surface area contributed by atoms with Crippen LogP contribution in [-0.4, -0.2) is 23.0 Å². The maximum Gasteiger partial charge on any atom is 0.237 e. The Morgan fingerprint density at radius 1 is 1.64 bits per heavy atom. The Balaban J connectivity index is 2.70. The van der Waals surface area contributed by atoms with Gasteiger partial charge in [-0.15, -0.1) is 0 Å². The summed E-state index contributed by atoms with van der Waals surface area (Å²) in [6.45, 7) is 3.87. The number of carbonyl (C=O) groups excluding carboxylic acids is 1. The quantitative estimate of drug-likeness (QED) is 0.713. The predicted molar refractivity (Wildman–Crippen MR) is 48.7 cm³/mol. The zero-order valence-electron chi connectivity index (χ0n) is 8.61. The standard InChI is InChI=1S/C9H14N2O3/c1-4-7(12)6(2)9-10-8(5-13-3)11-14-9/h6H,4-5H2,1-3H3. The van der Waals surface area contributed by atoms with E-state index in [1.807, 2.05) is 6.92 Å². The molecule has 0 fully saturated rings. The molecule has 0 saturated heterocycles. The molecule has 1 aromatic heterocycles. The SMILES string of the molecule is CCC(=O)C(C)c1nc(COC)no1. The minimum atomic E-state index is -0.321. The van der Waals surface area contributed by atoms with Gasteiger partial charge in [0.1, 0.15) is 12.4 Å². The second-order valence-electron chi connectivity index (χ2n) is 3.02. The van der Waals surface area contributed by atoms with Crippen LogP contribution < -0.4 is 0 Å². The van der Waals surface area contributed by atoms with Crippen LogP contribution in [0.4, 0.5) is 0 Å². The van der Waals surface area contributed by atoms with E-state index in [9.17, 15) is 4.79 Å². The lowest BCUT2D eigenvalue weighted by molar-refractivity contribution is -0.120. The summed E-state index contributed by atoms with van der Waals surface area (Å²) >= 11 is 0. The lowest BCUT2D eigenvalue weighted by Gasteiger charge is -2.01. The van der Waals surface area contributed by atoms with E-state index in [1.165, 1.54) is 0 Å². The second kappa shape index (κ2) is 4.85. The van der Waals surface area contributed by atoms with Crippen molar-refractivity contribution in [3.05, 3.63) is 11.7 Å². The maximum absolute atomic E-state index is 11.3. The molecule has 0 amide bonds. The molecule has 1 atom stereocenters. The van der Waals surface area contributed by atoms with Gasteiger partial charge in [-0.25, -0.2) is 0 Å². The van der Waals surface area contributed by atoms with Gasteiger partial charge in [-0.05, 0) is 6.92 Å². The normalized spacial score (nSPS) is 12.8. The van der Waals surface area contributed by atoms with Crippen LogP contribution in [0.15, 0.2) is 4.52 Å². The van der Waals surface area contributed by atoms with Crippen LogP contribution in [0.3, 0.4) is 0 Å². The van der Waals surface area contributed by atoms with Gasteiger partial charge in [-0.1, -0.05) is 12.1 Å². The van der Waals surface area contributed by atoms with Gasteiger partial charge < -0.3 is 9.26 Å². The Bertz CT molecular complexity index is 309. The summed E-state index contributed by atoms with van der Waals surface area (Å²) in [5, 5.41) is 3.68. The van der Waals surface area contributed by atoms with E-state index < -0.39 is 0 Å². The van der Waals surface area contributed by atoms with Crippen molar-refractivity contribution in [1.82, 2.24) is 10.1 Å². The summed E-state index contributed by atoms with van der Waals surface area (Å²) in [7, 11) is 1.55. The average molecular weight is 198 g/mol. The van der Waals surface area contributed by atoms with Crippen molar-refractivity contribution in [2.75, 3.05) is 7.11 Å². The number of carbonyl (C=O) groups is 1. The van der Waals surface area contributed by atoms with Crippen molar-refractivity contribution in [2.45, 2.75) is 32.8 Å². The van der Waals surface area contributed by atoms with E-state index in [4.69, 9.17) is 9.26 Å². The fourth-order valence-corrected chi connectivity index (χ4v) is 1.07. The van der Waals surface area contributed by atoms with Crippen LogP contribution in [0.1, 0.15) is 37.9 Å². The first-order valence-corrected chi connectivity index (χ1v) is 4.53. The van der Waals surface area contributed by atoms with Gasteiger partial charge in [-0.2, -0.15) is 4.98 Å². The molecule has 14 heavy (non-hydrogen) atoms. The number of ether oxygens (including phenoxy) is 1. The van der Waals surface area contributed by atoms with Crippen LogP contribution in [0.5, 0.6) is 0 Å². The molecule has 1 rings (SSSR count). The monoisotopic (exact) mass is 198 g/mol. The number of rotatable bonds is 5. The number of methoxy groups -OCH3 is 1. The van der Waals surface area contributed by atoms with Crippen molar-refractivity contribution < 1.29 is 14.1 Å². The van der Waals surface area contributed by atoms with Crippen molar-refractivity contribution in [2.24, 2.45) is 0 Å². The van der Waals surface area contributed by atoms with E-state index in [0.29, 0.717) is 24.7 Å². The van der Waals surface area contributed by atoms with Gasteiger partial charge >= 0.3 is 0 Å². The highest BCUT2D eigenvalue weighted by Gasteiger charge is 2.19. The highest BCUT2D eigenvalue weighted by Crippen LogP contribution is 2.15. The number of hydrogen-bond acceptors (Lipinski definition) is 5. The molecule has 0 radical (unpaired) electrons. The zero-order valence-corrected chi connectivity index (χ0v) is 8.61. The molecule has 5 heteroatoms. The first-order valence-electron chi connectivity index (χ1n) is 4.53. The third-order valence-electron chi connectivity index (χ3n) is 1.96. The summed E-state index contributed by atoms with van der Waals surface area (Å²) in [6, 6.07) is 0. The molecule has 0 saturated carbocycles. The summed E-state index contributed by atoms with van der Waals surface area (Å²) < 4.78 is 9.78. The molecule has 0 aliphatic rings. The van der Waals surface area contributed by atoms with Gasteiger partial charge in [0, 0.05) is 13.5 Å². The van der Waals surface area contributed by atoms with Gasteiger partial charge in [-0.3, -0.25) is 4.79 Å². The van der Waals surface area contributed by atoms with E-state index in [1.54, 1.807) is 14.0 Å². The first-order chi connectivity index (χ1) is 6.69. The van der Waals surface area contributed by atoms with Gasteiger partial charge in [0.2, 0.25) is 5.89 Å². The van der Waals surface area contributed by atoms with Crippen molar-refractivity contribution in [1.29, 1.82) is 0 Å². The minimum Gasteiger partial charge on any atom is -0.377 e. The highest BCUT2D eigenvalue weighted by atomic mass is 16.5. The summed E-state index contributed by atoms with van der Waals surface area (Å²) in [5.74, 6) is 0.609. The van der Waals surface area contributed by atoms with Crippen molar-refractivity contribution >= 4 is 5.78 Å². The molecular formula is C9H14N2O3. The summed E-state index contributed by atoms with van der Waals surface area (Å²) in [5.41, 5.74) is 0. The Kier molecular flexibility index (Phi) is 3.76. The van der Waals surface area contributed by atoms with Crippen LogP contribution in [0.2, 0.25) is 0 Å². The van der Waals surface area contributed by atoms with E-state index >= 15 is 0 Å². The van der Waals surface area contributed by atoms with Crippen LogP contribution in [0, 0.1) is 0 Å². The van der Waals surface area contributed by atoms with Crippen LogP contribution >= 0.6 is 0 Å². The largest absolute Gasteiger partial charge is 0.377 e. The minimum absolute atomic E-state index is 0.0950. The van der Waals surface area contributed by atoms with Gasteiger partial charge in [0.25, 0.3) is 0 Å². The Labute approximate surface area is 82.4 Å². The Hall–Kier alpha value is -1.23. The molecule has 1 heterocycles. The second-order valence-corrected chi connectivity index (χ2v) is 3.02. The fraction of sp³-hybridized carbons (Fsp3) is 0.667. The molecular weight excluding hydrogens is 184 g/mol. The average Bonchev–Trinajstić information content (AvgIpc) is 2.64. The van der Waals surface area contributed by atoms with E-state index in [0.717, 1.165) is 0 Å². The van der Waals surface area contributed by atoms with Crippen molar-refractivity contribution in [3.8, 4) is 0 Å². The molecule has 0 bridgehead atoms. The van der Waals surface area contributed by atoms with Crippen molar-refractivity contribution in [3.63, 3.8) is 0 Å². The molecule has 0 spiro atoms. The number of hydrogen-bond donors (Lipinski definition) is 0. The molecule has 0 N–H and O–H groups in total. The molecule has 0 aliphatic heterocycles. The third-order valence-corrected chi connectivity index (χ3v) is 1.96. The lowest BCUT2D eigenvalue weighted by Crippen LogP contribution is -2.07. The van der Waals surface area contributed by atoms with Crippen LogP contribution in [0.25, 0.3) is 0 Å². The lowest BCUT2D eigenvalue weighted by atomic mass is 10.1. The van der Waals surface area contributed by atoms with Gasteiger partial charge in [0.05, 0.1) is 5.92 Å². The molecule has 1 aromatic rings. The van der Waals surface area contributed by atoms with E-state index in [-0.39, 0.29) is 11.7 Å². The zero-order chi connectivity index (χ0) is 10.6. The summed E-state index contributed by atoms with van der Waals surface area (Å²) in [6.07, 6.45) is 0.475. The number of nitrogens with zero attached hydrogens (tertiary/aromatic N) is 2. The van der Waals surface area contributed by atoms with Gasteiger partial charge in [0.15, 0.2) is 5.82 Å². The first kappa shape index (κ1) is 10.8. The van der Waals surface area contributed by atoms with E-state index in [2.05, 4.69) is 10.1 Å².